The molecule has 0 atom stereocenters. The third-order valence-corrected chi connectivity index (χ3v) is 2.53. The third kappa shape index (κ3) is 2.23. The molecule has 88 valence electrons. The second-order valence-corrected chi connectivity index (χ2v) is 3.85. The number of nitrogen functional groups attached to an aromatic ring is 1. The van der Waals surface area contributed by atoms with Crippen LogP contribution in [0.1, 0.15) is 30.1 Å². The van der Waals surface area contributed by atoms with Gasteiger partial charge in [-0.2, -0.15) is 4.98 Å². The number of hydrogen-bond donors (Lipinski definition) is 3. The second-order valence-electron chi connectivity index (χ2n) is 3.85. The van der Waals surface area contributed by atoms with Gasteiger partial charge in [-0.3, -0.25) is 0 Å². The summed E-state index contributed by atoms with van der Waals surface area (Å²) in [6, 6.07) is 0. The highest BCUT2D eigenvalue weighted by Crippen LogP contribution is 2.39. The highest BCUT2D eigenvalue weighted by molar-refractivity contribution is 5.48. The number of nitrogens with zero attached hydrogens (tertiary/aromatic N) is 2. The number of nitrogens with two attached hydrogens (primary N) is 1. The van der Waals surface area contributed by atoms with Crippen molar-refractivity contribution in [3.63, 3.8) is 0 Å². The number of aliphatic hydroxyl groups is 1. The van der Waals surface area contributed by atoms with Gasteiger partial charge < -0.3 is 15.3 Å². The van der Waals surface area contributed by atoms with Crippen molar-refractivity contribution in [2.75, 3.05) is 18.6 Å². The lowest BCUT2D eigenvalue weighted by molar-refractivity contribution is 0.195. The molecule has 1 heterocycles. The lowest BCUT2D eigenvalue weighted by atomic mass is 10.3. The van der Waals surface area contributed by atoms with Crippen molar-refractivity contribution in [2.24, 2.45) is 5.84 Å². The van der Waals surface area contributed by atoms with E-state index in [1.807, 2.05) is 6.92 Å². The highest BCUT2D eigenvalue weighted by Gasteiger charge is 2.28. The number of aromatic nitrogens is 2. The normalized spacial score (nSPS) is 14.9. The van der Waals surface area contributed by atoms with Crippen molar-refractivity contribution in [2.45, 2.75) is 25.7 Å². The number of hydrazine groups is 1. The van der Waals surface area contributed by atoms with Gasteiger partial charge in [0.1, 0.15) is 18.2 Å². The molecule has 0 amide bonds. The van der Waals surface area contributed by atoms with Crippen molar-refractivity contribution >= 4 is 5.82 Å². The van der Waals surface area contributed by atoms with Crippen LogP contribution in [0, 0.1) is 6.92 Å². The molecule has 6 nitrogen and oxygen atoms in total. The zero-order chi connectivity index (χ0) is 11.5. The van der Waals surface area contributed by atoms with Crippen LogP contribution in [0.25, 0.3) is 0 Å². The van der Waals surface area contributed by atoms with E-state index < -0.39 is 0 Å². The molecular weight excluding hydrogens is 208 g/mol. The Morgan fingerprint density at radius 1 is 1.50 bits per heavy atom. The van der Waals surface area contributed by atoms with E-state index in [2.05, 4.69) is 15.4 Å². The van der Waals surface area contributed by atoms with Crippen LogP contribution < -0.4 is 16.0 Å². The monoisotopic (exact) mass is 224 g/mol. The third-order valence-electron chi connectivity index (χ3n) is 2.53. The molecule has 4 N–H and O–H groups in total. The molecule has 0 radical (unpaired) electrons. The number of nitrogens with one attached hydrogen (secondary N) is 1. The quantitative estimate of drug-likeness (QED) is 0.492. The van der Waals surface area contributed by atoms with Gasteiger partial charge in [-0.15, -0.1) is 0 Å². The van der Waals surface area contributed by atoms with E-state index in [1.165, 1.54) is 0 Å². The maximum Gasteiger partial charge on any atom is 0.221 e. The number of ether oxygens (including phenoxy) is 1. The molecule has 0 aliphatic heterocycles. The van der Waals surface area contributed by atoms with Crippen LogP contribution in [0.3, 0.4) is 0 Å². The Hall–Kier alpha value is -1.40. The molecule has 1 aliphatic carbocycles. The van der Waals surface area contributed by atoms with Gasteiger partial charge in [-0.05, 0) is 19.8 Å². The summed E-state index contributed by atoms with van der Waals surface area (Å²) >= 11 is 0. The first-order valence-corrected chi connectivity index (χ1v) is 5.35. The van der Waals surface area contributed by atoms with E-state index in [4.69, 9.17) is 15.7 Å². The van der Waals surface area contributed by atoms with E-state index in [-0.39, 0.29) is 13.2 Å². The molecule has 1 aliphatic rings. The summed E-state index contributed by atoms with van der Waals surface area (Å²) in [5.74, 6) is 7.68. The Morgan fingerprint density at radius 3 is 2.81 bits per heavy atom. The molecule has 0 saturated heterocycles. The number of aliphatic hydroxyl groups excluding tert-OH is 1. The minimum atomic E-state index is -0.0341. The summed E-state index contributed by atoms with van der Waals surface area (Å²) in [5, 5.41) is 8.73. The van der Waals surface area contributed by atoms with Crippen molar-refractivity contribution < 1.29 is 9.84 Å². The van der Waals surface area contributed by atoms with Crippen LogP contribution in [0.5, 0.6) is 5.88 Å². The first-order chi connectivity index (χ1) is 7.76. The number of hydrogen-bond acceptors (Lipinski definition) is 6. The number of anilines is 1. The van der Waals surface area contributed by atoms with Gasteiger partial charge in [0.15, 0.2) is 0 Å². The van der Waals surface area contributed by atoms with Gasteiger partial charge >= 0.3 is 0 Å². The Balaban J connectivity index is 2.28. The van der Waals surface area contributed by atoms with Gasteiger partial charge in [0.25, 0.3) is 0 Å². The zero-order valence-electron chi connectivity index (χ0n) is 9.23. The molecule has 6 heteroatoms. The summed E-state index contributed by atoms with van der Waals surface area (Å²) in [6.07, 6.45) is 2.24. The fourth-order valence-corrected chi connectivity index (χ4v) is 1.46. The van der Waals surface area contributed by atoms with E-state index in [0.29, 0.717) is 17.6 Å². The molecule has 2 rings (SSSR count). The Labute approximate surface area is 93.8 Å². The lowest BCUT2D eigenvalue weighted by Gasteiger charge is -2.11. The average Bonchev–Trinajstić information content (AvgIpc) is 3.11. The lowest BCUT2D eigenvalue weighted by Crippen LogP contribution is -2.14. The van der Waals surface area contributed by atoms with Gasteiger partial charge in [-0.1, -0.05) is 0 Å². The standard InChI is InChI=1S/C10H16N4O2/c1-6-8(14-11)12-9(7-2-3-7)13-10(6)16-5-4-15/h7,15H,2-5,11H2,1H3,(H,12,13,14). The molecule has 16 heavy (non-hydrogen) atoms. The van der Waals surface area contributed by atoms with Gasteiger partial charge in [-0.25, -0.2) is 10.8 Å². The predicted molar refractivity (Wildman–Crippen MR) is 59.1 cm³/mol. The molecule has 1 fully saturated rings. The summed E-state index contributed by atoms with van der Waals surface area (Å²) in [6.45, 7) is 2.03. The maximum atomic E-state index is 8.73. The first kappa shape index (κ1) is 11.1. The topological polar surface area (TPSA) is 93.3 Å². The van der Waals surface area contributed by atoms with Crippen molar-refractivity contribution in [1.82, 2.24) is 9.97 Å². The first-order valence-electron chi connectivity index (χ1n) is 5.35. The highest BCUT2D eigenvalue weighted by atomic mass is 16.5. The molecule has 0 aromatic carbocycles. The Morgan fingerprint density at radius 2 is 2.25 bits per heavy atom. The van der Waals surface area contributed by atoms with Gasteiger partial charge in [0, 0.05) is 5.92 Å². The van der Waals surface area contributed by atoms with Crippen LogP contribution in [0.2, 0.25) is 0 Å². The van der Waals surface area contributed by atoms with E-state index in [1.54, 1.807) is 0 Å². The summed E-state index contributed by atoms with van der Waals surface area (Å²) in [5.41, 5.74) is 3.31. The Kier molecular flexibility index (Phi) is 3.21. The van der Waals surface area contributed by atoms with E-state index in [0.717, 1.165) is 24.2 Å². The summed E-state index contributed by atoms with van der Waals surface area (Å²) in [7, 11) is 0. The molecule has 0 spiro atoms. The van der Waals surface area contributed by atoms with Gasteiger partial charge in [0.2, 0.25) is 5.88 Å². The van der Waals surface area contributed by atoms with E-state index in [9.17, 15) is 0 Å². The molecule has 1 aromatic rings. The van der Waals surface area contributed by atoms with E-state index >= 15 is 0 Å². The molecular formula is C10H16N4O2. The van der Waals surface area contributed by atoms with Crippen LogP contribution in [-0.4, -0.2) is 28.3 Å². The maximum absolute atomic E-state index is 8.73. The van der Waals surface area contributed by atoms with Gasteiger partial charge in [0.05, 0.1) is 12.2 Å². The van der Waals surface area contributed by atoms with Crippen LogP contribution in [0.4, 0.5) is 5.82 Å². The molecule has 1 aromatic heterocycles. The molecule has 0 unspecified atom stereocenters. The fourth-order valence-electron chi connectivity index (χ4n) is 1.46. The zero-order valence-corrected chi connectivity index (χ0v) is 9.23. The van der Waals surface area contributed by atoms with Crippen molar-refractivity contribution in [3.8, 4) is 5.88 Å². The smallest absolute Gasteiger partial charge is 0.221 e. The average molecular weight is 224 g/mol. The Bertz CT molecular complexity index is 379. The summed E-state index contributed by atoms with van der Waals surface area (Å²) < 4.78 is 5.35. The molecule has 1 saturated carbocycles. The largest absolute Gasteiger partial charge is 0.475 e. The van der Waals surface area contributed by atoms with Crippen LogP contribution in [0.15, 0.2) is 0 Å². The minimum Gasteiger partial charge on any atom is -0.475 e. The van der Waals surface area contributed by atoms with Crippen LogP contribution in [-0.2, 0) is 0 Å². The predicted octanol–water partition coefficient (Wildman–Crippen LogP) is 0.319. The van der Waals surface area contributed by atoms with Crippen molar-refractivity contribution in [3.05, 3.63) is 11.4 Å². The fraction of sp³-hybridized carbons (Fsp3) is 0.600. The van der Waals surface area contributed by atoms with Crippen molar-refractivity contribution in [1.29, 1.82) is 0 Å². The van der Waals surface area contributed by atoms with Crippen LogP contribution >= 0.6 is 0 Å². The second kappa shape index (κ2) is 4.63. The number of rotatable bonds is 5. The molecule has 0 bridgehead atoms. The summed E-state index contributed by atoms with van der Waals surface area (Å²) in [4.78, 5) is 8.67. The minimum absolute atomic E-state index is 0.0341. The SMILES string of the molecule is Cc1c(NN)nc(C2CC2)nc1OCCO.